The Labute approximate surface area is 118 Å². The molecule has 3 fully saturated rings. The molecule has 2 heterocycles. The van der Waals surface area contributed by atoms with E-state index in [0.29, 0.717) is 17.6 Å². The Morgan fingerprint density at radius 3 is 2.85 bits per heavy atom. The van der Waals surface area contributed by atoms with Crippen LogP contribution in [0.5, 0.6) is 0 Å². The van der Waals surface area contributed by atoms with Crippen molar-refractivity contribution in [2.24, 2.45) is 5.92 Å². The van der Waals surface area contributed by atoms with E-state index in [1.165, 1.54) is 25.7 Å². The minimum Gasteiger partial charge on any atom is -0.351 e. The molecule has 0 aromatic carbocycles. The number of aromatic nitrogens is 1. The topological polar surface area (TPSA) is 58.4 Å². The van der Waals surface area contributed by atoms with Crippen molar-refractivity contribution >= 4 is 5.91 Å². The summed E-state index contributed by atoms with van der Waals surface area (Å²) in [6, 6.07) is 2.81. The van der Waals surface area contributed by atoms with Gasteiger partial charge in [0.25, 0.3) is 5.91 Å². The van der Waals surface area contributed by atoms with Crippen LogP contribution in [0.15, 0.2) is 10.6 Å². The first-order valence-corrected chi connectivity index (χ1v) is 7.72. The number of hydrogen-bond donors (Lipinski definition) is 1. The van der Waals surface area contributed by atoms with Crippen LogP contribution in [0.1, 0.15) is 54.8 Å². The van der Waals surface area contributed by atoms with Gasteiger partial charge in [0, 0.05) is 37.2 Å². The molecule has 20 heavy (non-hydrogen) atoms. The molecule has 1 amide bonds. The third kappa shape index (κ3) is 2.35. The number of carbonyl (C=O) groups excluding carboxylic acids is 1. The smallest absolute Gasteiger partial charge is 0.290 e. The largest absolute Gasteiger partial charge is 0.351 e. The van der Waals surface area contributed by atoms with Gasteiger partial charge in [0.15, 0.2) is 0 Å². The Morgan fingerprint density at radius 1 is 1.35 bits per heavy atom. The van der Waals surface area contributed by atoms with Gasteiger partial charge in [0.1, 0.15) is 0 Å². The van der Waals surface area contributed by atoms with Gasteiger partial charge in [-0.25, -0.2) is 0 Å². The summed E-state index contributed by atoms with van der Waals surface area (Å²) in [5, 5.41) is 7.12. The van der Waals surface area contributed by atoms with E-state index < -0.39 is 0 Å². The summed E-state index contributed by atoms with van der Waals surface area (Å²) in [5.41, 5.74) is 0.939. The Kier molecular flexibility index (Phi) is 2.84. The molecule has 2 aliphatic carbocycles. The van der Waals surface area contributed by atoms with Crippen molar-refractivity contribution in [3.63, 3.8) is 0 Å². The highest BCUT2D eigenvalue weighted by Crippen LogP contribution is 2.39. The van der Waals surface area contributed by atoms with E-state index in [0.717, 1.165) is 24.8 Å². The van der Waals surface area contributed by atoms with Gasteiger partial charge in [-0.1, -0.05) is 12.1 Å². The Bertz CT molecular complexity index is 519. The second kappa shape index (κ2) is 4.58. The van der Waals surface area contributed by atoms with Crippen molar-refractivity contribution in [3.8, 4) is 0 Å². The normalized spacial score (nSPS) is 30.6. The molecule has 0 bridgehead atoms. The molecular formula is C15H21N3O2. The molecule has 1 aromatic rings. The number of carbonyl (C=O) groups is 1. The molecule has 3 aliphatic rings. The SMILES string of the molecule is C[C@@H]1CN(C2CC2)C[C@H]1NC(=O)c1cc(C2CC2)no1. The molecule has 5 heteroatoms. The summed E-state index contributed by atoms with van der Waals surface area (Å²) in [6.45, 7) is 4.28. The molecular weight excluding hydrogens is 254 g/mol. The second-order valence-corrected chi connectivity index (χ2v) is 6.63. The lowest BCUT2D eigenvalue weighted by molar-refractivity contribution is 0.0893. The fourth-order valence-corrected chi connectivity index (χ4v) is 3.14. The van der Waals surface area contributed by atoms with E-state index in [9.17, 15) is 4.79 Å². The predicted molar refractivity (Wildman–Crippen MR) is 73.5 cm³/mol. The van der Waals surface area contributed by atoms with Gasteiger partial charge in [-0.05, 0) is 31.6 Å². The van der Waals surface area contributed by atoms with Gasteiger partial charge < -0.3 is 9.84 Å². The van der Waals surface area contributed by atoms with Crippen LogP contribution in [-0.2, 0) is 0 Å². The van der Waals surface area contributed by atoms with E-state index in [-0.39, 0.29) is 11.9 Å². The van der Waals surface area contributed by atoms with Gasteiger partial charge in [0.2, 0.25) is 5.76 Å². The number of amides is 1. The molecule has 0 unspecified atom stereocenters. The van der Waals surface area contributed by atoms with Crippen LogP contribution in [0.25, 0.3) is 0 Å². The second-order valence-electron chi connectivity index (χ2n) is 6.63. The minimum absolute atomic E-state index is 0.112. The van der Waals surface area contributed by atoms with E-state index in [2.05, 4.69) is 22.3 Å². The maximum Gasteiger partial charge on any atom is 0.290 e. The average Bonchev–Trinajstić information content (AvgIpc) is 3.36. The molecule has 108 valence electrons. The maximum atomic E-state index is 12.2. The number of likely N-dealkylation sites (tertiary alicyclic amines) is 1. The molecule has 1 aromatic heterocycles. The standard InChI is InChI=1S/C15H21N3O2/c1-9-7-18(11-4-5-11)8-13(9)16-15(19)14-6-12(17-20-14)10-2-3-10/h6,9-11,13H,2-5,7-8H2,1H3,(H,16,19)/t9-,13-/m1/s1. The molecule has 1 N–H and O–H groups in total. The van der Waals surface area contributed by atoms with Gasteiger partial charge in [-0.3, -0.25) is 9.69 Å². The molecule has 2 saturated carbocycles. The van der Waals surface area contributed by atoms with Crippen LogP contribution < -0.4 is 5.32 Å². The third-order valence-corrected chi connectivity index (χ3v) is 4.77. The maximum absolute atomic E-state index is 12.2. The fourth-order valence-electron chi connectivity index (χ4n) is 3.14. The van der Waals surface area contributed by atoms with E-state index in [1.54, 1.807) is 0 Å². The van der Waals surface area contributed by atoms with E-state index >= 15 is 0 Å². The fraction of sp³-hybridized carbons (Fsp3) is 0.733. The summed E-state index contributed by atoms with van der Waals surface area (Å²) in [4.78, 5) is 14.7. The summed E-state index contributed by atoms with van der Waals surface area (Å²) in [5.74, 6) is 1.28. The zero-order chi connectivity index (χ0) is 13.7. The van der Waals surface area contributed by atoms with Gasteiger partial charge >= 0.3 is 0 Å². The van der Waals surface area contributed by atoms with Crippen molar-refractivity contribution in [1.29, 1.82) is 0 Å². The first-order valence-electron chi connectivity index (χ1n) is 7.72. The quantitative estimate of drug-likeness (QED) is 0.909. The van der Waals surface area contributed by atoms with Crippen LogP contribution in [0.3, 0.4) is 0 Å². The Morgan fingerprint density at radius 2 is 2.15 bits per heavy atom. The summed E-state index contributed by atoms with van der Waals surface area (Å²) in [6.07, 6.45) is 4.98. The molecule has 5 nitrogen and oxygen atoms in total. The lowest BCUT2D eigenvalue weighted by Gasteiger charge is -2.15. The molecule has 2 atom stereocenters. The number of nitrogens with zero attached hydrogens (tertiary/aromatic N) is 2. The van der Waals surface area contributed by atoms with Crippen molar-refractivity contribution in [2.75, 3.05) is 13.1 Å². The van der Waals surface area contributed by atoms with Crippen LogP contribution in [0.4, 0.5) is 0 Å². The van der Waals surface area contributed by atoms with Crippen molar-refractivity contribution < 1.29 is 9.32 Å². The van der Waals surface area contributed by atoms with Gasteiger partial charge in [0.05, 0.1) is 5.69 Å². The predicted octanol–water partition coefficient (Wildman–Crippen LogP) is 1.76. The van der Waals surface area contributed by atoms with Crippen LogP contribution in [-0.4, -0.2) is 41.1 Å². The van der Waals surface area contributed by atoms with E-state index in [4.69, 9.17) is 4.52 Å². The molecule has 1 aliphatic heterocycles. The molecule has 4 rings (SSSR count). The first kappa shape index (κ1) is 12.4. The highest BCUT2D eigenvalue weighted by atomic mass is 16.5. The monoisotopic (exact) mass is 275 g/mol. The van der Waals surface area contributed by atoms with Gasteiger partial charge in [-0.2, -0.15) is 0 Å². The lowest BCUT2D eigenvalue weighted by atomic mass is 10.1. The minimum atomic E-state index is -0.112. The van der Waals surface area contributed by atoms with Crippen molar-refractivity contribution in [2.45, 2.75) is 50.6 Å². The van der Waals surface area contributed by atoms with Crippen molar-refractivity contribution in [1.82, 2.24) is 15.4 Å². The number of rotatable bonds is 4. The zero-order valence-electron chi connectivity index (χ0n) is 11.8. The summed E-state index contributed by atoms with van der Waals surface area (Å²) in [7, 11) is 0. The molecule has 1 saturated heterocycles. The Balaban J connectivity index is 1.38. The zero-order valence-corrected chi connectivity index (χ0v) is 11.8. The number of hydrogen-bond acceptors (Lipinski definition) is 4. The first-order chi connectivity index (χ1) is 9.70. The highest BCUT2D eigenvalue weighted by molar-refractivity contribution is 5.91. The average molecular weight is 275 g/mol. The van der Waals surface area contributed by atoms with Crippen LogP contribution in [0, 0.1) is 5.92 Å². The highest BCUT2D eigenvalue weighted by Gasteiger charge is 2.39. The lowest BCUT2D eigenvalue weighted by Crippen LogP contribution is -2.39. The van der Waals surface area contributed by atoms with Crippen LogP contribution in [0.2, 0.25) is 0 Å². The summed E-state index contributed by atoms with van der Waals surface area (Å²) >= 11 is 0. The molecule has 0 spiro atoms. The Hall–Kier alpha value is -1.36. The molecule has 0 radical (unpaired) electrons. The number of nitrogens with one attached hydrogen (secondary N) is 1. The third-order valence-electron chi connectivity index (χ3n) is 4.77. The van der Waals surface area contributed by atoms with Crippen molar-refractivity contribution in [3.05, 3.63) is 17.5 Å². The van der Waals surface area contributed by atoms with E-state index in [1.807, 2.05) is 6.07 Å². The van der Waals surface area contributed by atoms with Gasteiger partial charge in [-0.15, -0.1) is 0 Å². The summed E-state index contributed by atoms with van der Waals surface area (Å²) < 4.78 is 5.18. The van der Waals surface area contributed by atoms with Crippen LogP contribution >= 0.6 is 0 Å².